The quantitative estimate of drug-likeness (QED) is 0.380. The van der Waals surface area contributed by atoms with E-state index in [9.17, 15) is 0 Å². The van der Waals surface area contributed by atoms with Crippen LogP contribution in [0.25, 0.3) is 10.9 Å². The standard InChI is InChI=1S/C23H25N7O2/c1-15(2)24-8-9-31-18-5-7-22(27-12-18)32-17-4-6-20-19(10-17)23(29-14-28-20)30-21-13-25-16(3)11-26-21/h4-7,10-15,24H,8-9H2,1-3H3,(H,26,28,29,30). The molecule has 164 valence electrons. The molecule has 9 heteroatoms. The van der Waals surface area contributed by atoms with Gasteiger partial charge in [0.25, 0.3) is 0 Å². The average Bonchev–Trinajstić information content (AvgIpc) is 2.79. The van der Waals surface area contributed by atoms with Crippen molar-refractivity contribution in [2.24, 2.45) is 0 Å². The highest BCUT2D eigenvalue weighted by atomic mass is 16.5. The first-order valence-corrected chi connectivity index (χ1v) is 10.4. The van der Waals surface area contributed by atoms with E-state index in [2.05, 4.69) is 49.4 Å². The molecule has 0 saturated heterocycles. The summed E-state index contributed by atoms with van der Waals surface area (Å²) in [7, 11) is 0. The number of rotatable bonds is 9. The van der Waals surface area contributed by atoms with Crippen LogP contribution in [0.15, 0.2) is 55.2 Å². The molecule has 4 aromatic rings. The molecule has 0 aliphatic rings. The van der Waals surface area contributed by atoms with Gasteiger partial charge in [-0.1, -0.05) is 13.8 Å². The number of fused-ring (bicyclic) bond motifs is 1. The predicted octanol–water partition coefficient (Wildman–Crippen LogP) is 4.04. The van der Waals surface area contributed by atoms with E-state index in [4.69, 9.17) is 9.47 Å². The van der Waals surface area contributed by atoms with E-state index in [1.54, 1.807) is 24.7 Å². The minimum absolute atomic E-state index is 0.431. The molecule has 3 aromatic heterocycles. The Morgan fingerprint density at radius 2 is 1.78 bits per heavy atom. The van der Waals surface area contributed by atoms with Gasteiger partial charge in [-0.15, -0.1) is 0 Å². The Kier molecular flexibility index (Phi) is 6.66. The SMILES string of the molecule is Cc1cnc(Nc2ncnc3ccc(Oc4ccc(OCCNC(C)C)cn4)cc23)cn1. The number of nitrogens with zero attached hydrogens (tertiary/aromatic N) is 5. The second kappa shape index (κ2) is 9.97. The minimum Gasteiger partial charge on any atom is -0.491 e. The molecule has 0 amide bonds. The molecule has 0 spiro atoms. The number of nitrogens with one attached hydrogen (secondary N) is 2. The smallest absolute Gasteiger partial charge is 0.219 e. The van der Waals surface area contributed by atoms with Crippen LogP contribution in [-0.2, 0) is 0 Å². The molecule has 2 N–H and O–H groups in total. The number of ether oxygens (including phenoxy) is 2. The van der Waals surface area contributed by atoms with Crippen LogP contribution in [0.2, 0.25) is 0 Å². The number of pyridine rings is 1. The number of anilines is 2. The molecule has 4 rings (SSSR count). The van der Waals surface area contributed by atoms with Crippen molar-refractivity contribution in [1.82, 2.24) is 30.2 Å². The zero-order valence-corrected chi connectivity index (χ0v) is 18.2. The Hall–Kier alpha value is -3.85. The van der Waals surface area contributed by atoms with E-state index in [0.717, 1.165) is 23.1 Å². The molecule has 0 saturated carbocycles. The van der Waals surface area contributed by atoms with Gasteiger partial charge in [-0.3, -0.25) is 4.98 Å². The third kappa shape index (κ3) is 5.64. The van der Waals surface area contributed by atoms with Crippen LogP contribution in [0, 0.1) is 6.92 Å². The van der Waals surface area contributed by atoms with Crippen molar-refractivity contribution in [3.05, 3.63) is 60.9 Å². The number of aryl methyl sites for hydroxylation is 1. The van der Waals surface area contributed by atoms with Crippen LogP contribution in [-0.4, -0.2) is 44.1 Å². The Bertz CT molecular complexity index is 1170. The maximum atomic E-state index is 5.93. The Balaban J connectivity index is 1.46. The van der Waals surface area contributed by atoms with Crippen molar-refractivity contribution < 1.29 is 9.47 Å². The second-order valence-corrected chi connectivity index (χ2v) is 7.46. The van der Waals surface area contributed by atoms with Crippen molar-refractivity contribution in [2.75, 3.05) is 18.5 Å². The third-order valence-corrected chi connectivity index (χ3v) is 4.49. The van der Waals surface area contributed by atoms with Crippen LogP contribution in [0.5, 0.6) is 17.4 Å². The number of aromatic nitrogens is 5. The van der Waals surface area contributed by atoms with E-state index in [0.29, 0.717) is 41.7 Å². The zero-order valence-electron chi connectivity index (χ0n) is 18.2. The van der Waals surface area contributed by atoms with Crippen LogP contribution in [0.1, 0.15) is 19.5 Å². The Morgan fingerprint density at radius 3 is 2.53 bits per heavy atom. The molecular weight excluding hydrogens is 406 g/mol. The molecular formula is C23H25N7O2. The summed E-state index contributed by atoms with van der Waals surface area (Å²) in [5, 5.41) is 7.29. The van der Waals surface area contributed by atoms with Crippen LogP contribution in [0.3, 0.4) is 0 Å². The highest BCUT2D eigenvalue weighted by molar-refractivity contribution is 5.91. The molecule has 0 radical (unpaired) electrons. The fourth-order valence-electron chi connectivity index (χ4n) is 2.93. The van der Waals surface area contributed by atoms with Crippen molar-refractivity contribution in [3.63, 3.8) is 0 Å². The lowest BCUT2D eigenvalue weighted by atomic mass is 10.2. The fourth-order valence-corrected chi connectivity index (χ4v) is 2.93. The van der Waals surface area contributed by atoms with Gasteiger partial charge in [0.2, 0.25) is 5.88 Å². The molecule has 3 heterocycles. The first kappa shape index (κ1) is 21.4. The molecule has 32 heavy (non-hydrogen) atoms. The predicted molar refractivity (Wildman–Crippen MR) is 123 cm³/mol. The summed E-state index contributed by atoms with van der Waals surface area (Å²) in [6.07, 6.45) is 6.51. The van der Waals surface area contributed by atoms with Gasteiger partial charge in [0, 0.05) is 24.0 Å². The summed E-state index contributed by atoms with van der Waals surface area (Å²) >= 11 is 0. The van der Waals surface area contributed by atoms with Gasteiger partial charge >= 0.3 is 0 Å². The van der Waals surface area contributed by atoms with E-state index >= 15 is 0 Å². The molecule has 1 aromatic carbocycles. The minimum atomic E-state index is 0.431. The van der Waals surface area contributed by atoms with Crippen LogP contribution in [0.4, 0.5) is 11.6 Å². The maximum absolute atomic E-state index is 5.93. The van der Waals surface area contributed by atoms with Gasteiger partial charge in [0.05, 0.1) is 29.8 Å². The summed E-state index contributed by atoms with van der Waals surface area (Å²) in [5.41, 5.74) is 1.62. The molecule has 0 aliphatic heterocycles. The molecule has 0 aliphatic carbocycles. The summed E-state index contributed by atoms with van der Waals surface area (Å²) in [4.78, 5) is 21.6. The largest absolute Gasteiger partial charge is 0.491 e. The van der Waals surface area contributed by atoms with Crippen molar-refractivity contribution >= 4 is 22.5 Å². The topological polar surface area (TPSA) is 107 Å². The maximum Gasteiger partial charge on any atom is 0.219 e. The molecule has 0 fully saturated rings. The number of benzene rings is 1. The lowest BCUT2D eigenvalue weighted by molar-refractivity contribution is 0.307. The monoisotopic (exact) mass is 431 g/mol. The lowest BCUT2D eigenvalue weighted by Gasteiger charge is -2.11. The van der Waals surface area contributed by atoms with E-state index < -0.39 is 0 Å². The van der Waals surface area contributed by atoms with Gasteiger partial charge in [-0.05, 0) is 31.2 Å². The van der Waals surface area contributed by atoms with Gasteiger partial charge in [-0.25, -0.2) is 19.9 Å². The van der Waals surface area contributed by atoms with Crippen molar-refractivity contribution in [3.8, 4) is 17.4 Å². The van der Waals surface area contributed by atoms with Crippen molar-refractivity contribution in [2.45, 2.75) is 26.8 Å². The summed E-state index contributed by atoms with van der Waals surface area (Å²) in [5.74, 6) is 2.99. The Labute approximate surface area is 186 Å². The van der Waals surface area contributed by atoms with Gasteiger partial charge in [0.1, 0.15) is 36.1 Å². The lowest BCUT2D eigenvalue weighted by Crippen LogP contribution is -2.27. The van der Waals surface area contributed by atoms with Crippen LogP contribution >= 0.6 is 0 Å². The summed E-state index contributed by atoms with van der Waals surface area (Å²) in [6.45, 7) is 7.44. The Morgan fingerprint density at radius 1 is 0.906 bits per heavy atom. The number of hydrogen-bond donors (Lipinski definition) is 2. The van der Waals surface area contributed by atoms with Gasteiger partial charge in [-0.2, -0.15) is 0 Å². The molecule has 0 bridgehead atoms. The fraction of sp³-hybridized carbons (Fsp3) is 0.261. The normalized spacial score (nSPS) is 11.0. The van der Waals surface area contributed by atoms with E-state index in [-0.39, 0.29) is 0 Å². The zero-order chi connectivity index (χ0) is 22.3. The third-order valence-electron chi connectivity index (χ3n) is 4.49. The first-order valence-electron chi connectivity index (χ1n) is 10.4. The highest BCUT2D eigenvalue weighted by Gasteiger charge is 2.08. The van der Waals surface area contributed by atoms with E-state index in [1.165, 1.54) is 6.33 Å². The van der Waals surface area contributed by atoms with Crippen LogP contribution < -0.4 is 20.1 Å². The second-order valence-electron chi connectivity index (χ2n) is 7.46. The molecule has 0 unspecified atom stereocenters. The number of hydrogen-bond acceptors (Lipinski definition) is 9. The summed E-state index contributed by atoms with van der Waals surface area (Å²) in [6, 6.07) is 9.62. The molecule has 0 atom stereocenters. The van der Waals surface area contributed by atoms with Crippen molar-refractivity contribution in [1.29, 1.82) is 0 Å². The first-order chi connectivity index (χ1) is 15.6. The summed E-state index contributed by atoms with van der Waals surface area (Å²) < 4.78 is 11.6. The van der Waals surface area contributed by atoms with Gasteiger partial charge in [0.15, 0.2) is 0 Å². The highest BCUT2D eigenvalue weighted by Crippen LogP contribution is 2.28. The van der Waals surface area contributed by atoms with E-state index in [1.807, 2.05) is 31.2 Å². The average molecular weight is 432 g/mol. The molecule has 9 nitrogen and oxygen atoms in total. The van der Waals surface area contributed by atoms with Gasteiger partial charge < -0.3 is 20.1 Å².